The molecular weight excluding hydrogens is 248 g/mol. The largest absolute Gasteiger partial charge is 0.494 e. The summed E-state index contributed by atoms with van der Waals surface area (Å²) in [5.41, 5.74) is 4.15. The van der Waals surface area contributed by atoms with Crippen molar-refractivity contribution in [3.8, 4) is 5.75 Å². The van der Waals surface area contributed by atoms with Crippen LogP contribution in [0.25, 0.3) is 0 Å². The maximum atomic E-state index is 5.80. The number of nitrogens with two attached hydrogens (primary N) is 1. The normalized spacial score (nSPS) is 14.0. The van der Waals surface area contributed by atoms with Gasteiger partial charge in [0, 0.05) is 11.6 Å². The van der Waals surface area contributed by atoms with Gasteiger partial charge < -0.3 is 4.74 Å². The summed E-state index contributed by atoms with van der Waals surface area (Å²) in [6, 6.07) is 8.36. The summed E-state index contributed by atoms with van der Waals surface area (Å²) in [4.78, 5) is 0. The number of ether oxygens (including phenoxy) is 1. The minimum absolute atomic E-state index is 0.166. The lowest BCUT2D eigenvalue weighted by molar-refractivity contribution is 0.317. The molecule has 3 N–H and O–H groups in total. The fraction of sp³-hybridized carbons (Fsp3) is 0.647. The van der Waals surface area contributed by atoms with Crippen molar-refractivity contribution in [2.75, 3.05) is 6.61 Å². The van der Waals surface area contributed by atoms with Gasteiger partial charge in [0.05, 0.1) is 6.61 Å². The van der Waals surface area contributed by atoms with Gasteiger partial charge in [0.1, 0.15) is 5.75 Å². The lowest BCUT2D eigenvalue weighted by Gasteiger charge is -2.24. The summed E-state index contributed by atoms with van der Waals surface area (Å²) < 4.78 is 5.72. The third-order valence-electron chi connectivity index (χ3n) is 3.91. The Morgan fingerprint density at radius 3 is 2.55 bits per heavy atom. The molecule has 3 nitrogen and oxygen atoms in total. The second kappa shape index (κ2) is 9.78. The highest BCUT2D eigenvalue weighted by molar-refractivity contribution is 5.35. The first-order valence-corrected chi connectivity index (χ1v) is 7.94. The molecule has 0 aliphatic rings. The number of hydrazine groups is 1. The first-order chi connectivity index (χ1) is 9.76. The third kappa shape index (κ3) is 5.14. The first kappa shape index (κ1) is 17.0. The van der Waals surface area contributed by atoms with Crippen molar-refractivity contribution < 1.29 is 4.74 Å². The van der Waals surface area contributed by atoms with Crippen molar-refractivity contribution in [3.63, 3.8) is 0 Å². The van der Waals surface area contributed by atoms with Crippen molar-refractivity contribution in [3.05, 3.63) is 29.8 Å². The Labute approximate surface area is 123 Å². The van der Waals surface area contributed by atoms with Crippen molar-refractivity contribution >= 4 is 0 Å². The summed E-state index contributed by atoms with van der Waals surface area (Å²) in [5.74, 6) is 7.46. The Morgan fingerprint density at radius 2 is 1.95 bits per heavy atom. The van der Waals surface area contributed by atoms with E-state index >= 15 is 0 Å². The van der Waals surface area contributed by atoms with Crippen LogP contribution in [-0.2, 0) is 0 Å². The van der Waals surface area contributed by atoms with Crippen LogP contribution in [0.5, 0.6) is 5.75 Å². The van der Waals surface area contributed by atoms with E-state index in [9.17, 15) is 0 Å². The number of benzene rings is 1. The molecule has 3 heteroatoms. The van der Waals surface area contributed by atoms with Crippen LogP contribution in [0.2, 0.25) is 0 Å². The van der Waals surface area contributed by atoms with Gasteiger partial charge in [0.2, 0.25) is 0 Å². The molecular formula is C17H30N2O. The lowest BCUT2D eigenvalue weighted by atomic mass is 9.89. The standard InChI is InChI=1S/C17H30N2O/c1-4-7-10-14(5-2)13-16(19-18)15-11-8-9-12-17(15)20-6-3/h8-9,11-12,14,16,19H,4-7,10,13,18H2,1-3H3. The van der Waals surface area contributed by atoms with Gasteiger partial charge in [-0.3, -0.25) is 11.3 Å². The van der Waals surface area contributed by atoms with E-state index in [0.717, 1.165) is 12.2 Å². The highest BCUT2D eigenvalue weighted by atomic mass is 16.5. The molecule has 0 fully saturated rings. The minimum atomic E-state index is 0.166. The van der Waals surface area contributed by atoms with Crippen LogP contribution >= 0.6 is 0 Å². The summed E-state index contributed by atoms with van der Waals surface area (Å²) in [6.45, 7) is 7.21. The number of hydrogen-bond acceptors (Lipinski definition) is 3. The zero-order valence-electron chi connectivity index (χ0n) is 13.2. The monoisotopic (exact) mass is 278 g/mol. The van der Waals surface area contributed by atoms with Crippen LogP contribution in [0.1, 0.15) is 64.5 Å². The van der Waals surface area contributed by atoms with E-state index in [1.807, 2.05) is 19.1 Å². The van der Waals surface area contributed by atoms with Crippen LogP contribution in [0, 0.1) is 5.92 Å². The molecule has 2 atom stereocenters. The molecule has 0 saturated carbocycles. The van der Waals surface area contributed by atoms with Crippen molar-refractivity contribution in [1.29, 1.82) is 0 Å². The van der Waals surface area contributed by atoms with Gasteiger partial charge in [-0.25, -0.2) is 0 Å². The molecule has 0 aliphatic heterocycles. The smallest absolute Gasteiger partial charge is 0.124 e. The summed E-state index contributed by atoms with van der Waals surface area (Å²) >= 11 is 0. The van der Waals surface area contributed by atoms with Crippen LogP contribution < -0.4 is 16.0 Å². The van der Waals surface area contributed by atoms with E-state index < -0.39 is 0 Å². The first-order valence-electron chi connectivity index (χ1n) is 7.94. The van der Waals surface area contributed by atoms with Crippen LogP contribution in [0.3, 0.4) is 0 Å². The van der Waals surface area contributed by atoms with E-state index in [4.69, 9.17) is 10.6 Å². The van der Waals surface area contributed by atoms with Crippen LogP contribution in [-0.4, -0.2) is 6.61 Å². The van der Waals surface area contributed by atoms with Gasteiger partial charge in [0.15, 0.2) is 0 Å². The Kier molecular flexibility index (Phi) is 8.31. The van der Waals surface area contributed by atoms with Gasteiger partial charge in [-0.05, 0) is 25.3 Å². The molecule has 0 aromatic heterocycles. The fourth-order valence-corrected chi connectivity index (χ4v) is 2.65. The van der Waals surface area contributed by atoms with Crippen LogP contribution in [0.4, 0.5) is 0 Å². The number of rotatable bonds is 10. The topological polar surface area (TPSA) is 47.3 Å². The molecule has 0 saturated heterocycles. The fourth-order valence-electron chi connectivity index (χ4n) is 2.65. The van der Waals surface area contributed by atoms with Gasteiger partial charge in [-0.1, -0.05) is 57.7 Å². The average Bonchev–Trinajstić information content (AvgIpc) is 2.49. The van der Waals surface area contributed by atoms with Gasteiger partial charge in [-0.2, -0.15) is 0 Å². The van der Waals surface area contributed by atoms with E-state index in [1.54, 1.807) is 0 Å². The number of unbranched alkanes of at least 4 members (excludes halogenated alkanes) is 1. The highest BCUT2D eigenvalue weighted by Gasteiger charge is 2.18. The van der Waals surface area contributed by atoms with Crippen molar-refractivity contribution in [2.45, 2.75) is 58.9 Å². The van der Waals surface area contributed by atoms with Gasteiger partial charge >= 0.3 is 0 Å². The van der Waals surface area contributed by atoms with Gasteiger partial charge in [-0.15, -0.1) is 0 Å². The number of hydrogen-bond donors (Lipinski definition) is 2. The molecule has 0 spiro atoms. The van der Waals surface area contributed by atoms with E-state index in [-0.39, 0.29) is 6.04 Å². The Bertz CT molecular complexity index is 368. The molecule has 0 heterocycles. The second-order valence-electron chi connectivity index (χ2n) is 5.34. The molecule has 1 rings (SSSR count). The third-order valence-corrected chi connectivity index (χ3v) is 3.91. The summed E-state index contributed by atoms with van der Waals surface area (Å²) in [6.07, 6.45) is 6.10. The van der Waals surface area contributed by atoms with Crippen molar-refractivity contribution in [2.24, 2.45) is 11.8 Å². The quantitative estimate of drug-likeness (QED) is 0.498. The lowest BCUT2D eigenvalue weighted by Crippen LogP contribution is -2.30. The average molecular weight is 278 g/mol. The highest BCUT2D eigenvalue weighted by Crippen LogP contribution is 2.31. The molecule has 20 heavy (non-hydrogen) atoms. The van der Waals surface area contributed by atoms with E-state index in [1.165, 1.54) is 31.2 Å². The zero-order chi connectivity index (χ0) is 14.8. The Morgan fingerprint density at radius 1 is 1.20 bits per heavy atom. The minimum Gasteiger partial charge on any atom is -0.494 e. The molecule has 1 aromatic carbocycles. The predicted molar refractivity (Wildman–Crippen MR) is 85.6 cm³/mol. The molecule has 114 valence electrons. The number of nitrogens with one attached hydrogen (secondary N) is 1. The zero-order valence-corrected chi connectivity index (χ0v) is 13.2. The molecule has 0 aliphatic carbocycles. The number of para-hydroxylation sites is 1. The predicted octanol–water partition coefficient (Wildman–Crippen LogP) is 4.20. The summed E-state index contributed by atoms with van der Waals surface area (Å²) in [7, 11) is 0. The molecule has 0 amide bonds. The molecule has 0 bridgehead atoms. The van der Waals surface area contributed by atoms with E-state index in [0.29, 0.717) is 12.5 Å². The Hall–Kier alpha value is -1.06. The van der Waals surface area contributed by atoms with Crippen molar-refractivity contribution in [1.82, 2.24) is 5.43 Å². The second-order valence-corrected chi connectivity index (χ2v) is 5.34. The van der Waals surface area contributed by atoms with Gasteiger partial charge in [0.25, 0.3) is 0 Å². The molecule has 1 aromatic rings. The maximum absolute atomic E-state index is 5.80. The molecule has 2 unspecified atom stereocenters. The SMILES string of the molecule is CCCCC(CC)CC(NN)c1ccccc1OCC. The van der Waals surface area contributed by atoms with Crippen LogP contribution in [0.15, 0.2) is 24.3 Å². The molecule has 0 radical (unpaired) electrons. The maximum Gasteiger partial charge on any atom is 0.124 e. The Balaban J connectivity index is 2.78. The summed E-state index contributed by atoms with van der Waals surface area (Å²) in [5, 5.41) is 0. The van der Waals surface area contributed by atoms with E-state index in [2.05, 4.69) is 31.4 Å².